The van der Waals surface area contributed by atoms with Gasteiger partial charge in [-0.1, -0.05) is 39.0 Å². The number of benzene rings is 1. The summed E-state index contributed by atoms with van der Waals surface area (Å²) < 4.78 is 0. The molecule has 19 heavy (non-hydrogen) atoms. The van der Waals surface area contributed by atoms with Crippen LogP contribution < -0.4 is 10.6 Å². The van der Waals surface area contributed by atoms with Gasteiger partial charge in [0.15, 0.2) is 0 Å². The number of hydrogen-bond acceptors (Lipinski definition) is 2. The Morgan fingerprint density at radius 3 is 2.53 bits per heavy atom. The molecule has 1 aromatic carbocycles. The summed E-state index contributed by atoms with van der Waals surface area (Å²) in [6.45, 7) is 10.9. The second-order valence-electron chi connectivity index (χ2n) is 5.43. The molecule has 1 amide bonds. The molecule has 0 bridgehead atoms. The van der Waals surface area contributed by atoms with E-state index in [2.05, 4.69) is 44.4 Å². The third kappa shape index (κ3) is 4.67. The molecule has 3 nitrogen and oxygen atoms in total. The summed E-state index contributed by atoms with van der Waals surface area (Å²) in [5.41, 5.74) is 3.27. The zero-order valence-electron chi connectivity index (χ0n) is 12.7. The summed E-state index contributed by atoms with van der Waals surface area (Å²) in [4.78, 5) is 12.0. The summed E-state index contributed by atoms with van der Waals surface area (Å²) in [5.74, 6) is 0.425. The standard InChI is InChI=1S/C16H26N2O/c1-6-13(5)17-10-15(19)18-16-12(4)8-7-9-14(16)11(2)3/h7-9,11,13,17H,6,10H2,1-5H3,(H,18,19). The van der Waals surface area contributed by atoms with Crippen molar-refractivity contribution in [2.45, 2.75) is 53.0 Å². The summed E-state index contributed by atoms with van der Waals surface area (Å²) in [6.07, 6.45) is 1.02. The normalized spacial score (nSPS) is 12.5. The number of rotatable bonds is 6. The fourth-order valence-corrected chi connectivity index (χ4v) is 1.94. The third-order valence-corrected chi connectivity index (χ3v) is 3.41. The molecule has 0 aromatic heterocycles. The molecule has 0 aliphatic rings. The largest absolute Gasteiger partial charge is 0.324 e. The first kappa shape index (κ1) is 15.7. The Kier molecular flexibility index (Phi) is 6.03. The fraction of sp³-hybridized carbons (Fsp3) is 0.562. The van der Waals surface area contributed by atoms with Gasteiger partial charge in [-0.05, 0) is 37.3 Å². The first-order chi connectivity index (χ1) is 8.95. The number of amides is 1. The molecule has 1 unspecified atom stereocenters. The number of carbonyl (C=O) groups is 1. The van der Waals surface area contributed by atoms with Gasteiger partial charge in [0.25, 0.3) is 0 Å². The number of nitrogens with one attached hydrogen (secondary N) is 2. The van der Waals surface area contributed by atoms with Gasteiger partial charge in [-0.15, -0.1) is 0 Å². The molecule has 1 rings (SSSR count). The van der Waals surface area contributed by atoms with Crippen LogP contribution in [-0.2, 0) is 4.79 Å². The Bertz CT molecular complexity index is 427. The molecule has 3 heteroatoms. The predicted molar refractivity (Wildman–Crippen MR) is 81.7 cm³/mol. The van der Waals surface area contributed by atoms with Gasteiger partial charge < -0.3 is 10.6 Å². The Morgan fingerprint density at radius 2 is 1.95 bits per heavy atom. The van der Waals surface area contributed by atoms with Crippen LogP contribution in [0, 0.1) is 6.92 Å². The Labute approximate surface area is 116 Å². The molecule has 106 valence electrons. The maximum absolute atomic E-state index is 12.0. The minimum Gasteiger partial charge on any atom is -0.324 e. The van der Waals surface area contributed by atoms with E-state index in [-0.39, 0.29) is 5.91 Å². The lowest BCUT2D eigenvalue weighted by atomic mass is 9.98. The highest BCUT2D eigenvalue weighted by Crippen LogP contribution is 2.27. The van der Waals surface area contributed by atoms with Crippen LogP contribution in [0.15, 0.2) is 18.2 Å². The van der Waals surface area contributed by atoms with Crippen LogP contribution >= 0.6 is 0 Å². The van der Waals surface area contributed by atoms with Crippen molar-refractivity contribution in [3.63, 3.8) is 0 Å². The van der Waals surface area contributed by atoms with Gasteiger partial charge >= 0.3 is 0 Å². The second-order valence-corrected chi connectivity index (χ2v) is 5.43. The van der Waals surface area contributed by atoms with Gasteiger partial charge in [0.2, 0.25) is 5.91 Å². The monoisotopic (exact) mass is 262 g/mol. The number of anilines is 1. The van der Waals surface area contributed by atoms with Crippen LogP contribution in [0.3, 0.4) is 0 Å². The second kappa shape index (κ2) is 7.29. The van der Waals surface area contributed by atoms with E-state index in [4.69, 9.17) is 0 Å². The average molecular weight is 262 g/mol. The van der Waals surface area contributed by atoms with Crippen LogP contribution in [-0.4, -0.2) is 18.5 Å². The Morgan fingerprint density at radius 1 is 1.26 bits per heavy atom. The molecule has 0 radical (unpaired) electrons. The van der Waals surface area contributed by atoms with Gasteiger partial charge in [-0.25, -0.2) is 0 Å². The fourth-order valence-electron chi connectivity index (χ4n) is 1.94. The molecule has 0 aliphatic carbocycles. The zero-order valence-corrected chi connectivity index (χ0v) is 12.7. The first-order valence-corrected chi connectivity index (χ1v) is 7.08. The molecule has 2 N–H and O–H groups in total. The quantitative estimate of drug-likeness (QED) is 0.824. The number of para-hydroxylation sites is 1. The highest BCUT2D eigenvalue weighted by atomic mass is 16.1. The molecule has 0 aliphatic heterocycles. The van der Waals surface area contributed by atoms with E-state index in [0.29, 0.717) is 18.5 Å². The molecule has 1 atom stereocenters. The van der Waals surface area contributed by atoms with Gasteiger partial charge in [-0.2, -0.15) is 0 Å². The third-order valence-electron chi connectivity index (χ3n) is 3.41. The summed E-state index contributed by atoms with van der Waals surface area (Å²) in [5, 5.41) is 6.25. The zero-order chi connectivity index (χ0) is 14.4. The van der Waals surface area contributed by atoms with E-state index >= 15 is 0 Å². The van der Waals surface area contributed by atoms with Crippen molar-refractivity contribution in [3.05, 3.63) is 29.3 Å². The van der Waals surface area contributed by atoms with Crippen LogP contribution in [0.2, 0.25) is 0 Å². The van der Waals surface area contributed by atoms with Crippen molar-refractivity contribution >= 4 is 11.6 Å². The van der Waals surface area contributed by atoms with Crippen molar-refractivity contribution in [1.82, 2.24) is 5.32 Å². The molecule has 0 saturated carbocycles. The minimum absolute atomic E-state index is 0.0245. The summed E-state index contributed by atoms with van der Waals surface area (Å²) in [6, 6.07) is 6.52. The van der Waals surface area contributed by atoms with Crippen molar-refractivity contribution in [3.8, 4) is 0 Å². The predicted octanol–water partition coefficient (Wildman–Crippen LogP) is 3.45. The lowest BCUT2D eigenvalue weighted by molar-refractivity contribution is -0.115. The van der Waals surface area contributed by atoms with E-state index in [0.717, 1.165) is 17.7 Å². The van der Waals surface area contributed by atoms with Crippen LogP contribution in [0.4, 0.5) is 5.69 Å². The lowest BCUT2D eigenvalue weighted by Gasteiger charge is -2.17. The molecule has 0 saturated heterocycles. The molecule has 0 heterocycles. The molecule has 0 spiro atoms. The van der Waals surface area contributed by atoms with Crippen LogP contribution in [0.5, 0.6) is 0 Å². The topological polar surface area (TPSA) is 41.1 Å². The van der Waals surface area contributed by atoms with Crippen molar-refractivity contribution < 1.29 is 4.79 Å². The number of aryl methyl sites for hydroxylation is 1. The van der Waals surface area contributed by atoms with Gasteiger partial charge in [0.1, 0.15) is 0 Å². The van der Waals surface area contributed by atoms with E-state index in [1.54, 1.807) is 0 Å². The van der Waals surface area contributed by atoms with Crippen LogP contribution in [0.1, 0.15) is 51.2 Å². The van der Waals surface area contributed by atoms with Gasteiger partial charge in [-0.3, -0.25) is 4.79 Å². The smallest absolute Gasteiger partial charge is 0.238 e. The van der Waals surface area contributed by atoms with Gasteiger partial charge in [0, 0.05) is 11.7 Å². The van der Waals surface area contributed by atoms with E-state index < -0.39 is 0 Å². The van der Waals surface area contributed by atoms with E-state index in [1.165, 1.54) is 5.56 Å². The maximum atomic E-state index is 12.0. The Hall–Kier alpha value is -1.35. The Balaban J connectivity index is 2.73. The molecular formula is C16H26N2O. The van der Waals surface area contributed by atoms with Gasteiger partial charge in [0.05, 0.1) is 6.54 Å². The highest BCUT2D eigenvalue weighted by Gasteiger charge is 2.12. The first-order valence-electron chi connectivity index (χ1n) is 7.08. The molecule has 0 fully saturated rings. The average Bonchev–Trinajstić information content (AvgIpc) is 2.38. The van der Waals surface area contributed by atoms with Crippen molar-refractivity contribution in [2.75, 3.05) is 11.9 Å². The van der Waals surface area contributed by atoms with Crippen LogP contribution in [0.25, 0.3) is 0 Å². The maximum Gasteiger partial charge on any atom is 0.238 e. The van der Waals surface area contributed by atoms with Crippen molar-refractivity contribution in [1.29, 1.82) is 0 Å². The molecular weight excluding hydrogens is 236 g/mol. The molecule has 1 aromatic rings. The summed E-state index contributed by atoms with van der Waals surface area (Å²) >= 11 is 0. The lowest BCUT2D eigenvalue weighted by Crippen LogP contribution is -2.34. The van der Waals surface area contributed by atoms with Crippen molar-refractivity contribution in [2.24, 2.45) is 0 Å². The van der Waals surface area contributed by atoms with E-state index in [9.17, 15) is 4.79 Å². The van der Waals surface area contributed by atoms with E-state index in [1.807, 2.05) is 19.1 Å². The SMILES string of the molecule is CCC(C)NCC(=O)Nc1c(C)cccc1C(C)C. The number of carbonyl (C=O) groups excluding carboxylic acids is 1. The number of hydrogen-bond donors (Lipinski definition) is 2. The minimum atomic E-state index is 0.0245. The highest BCUT2D eigenvalue weighted by molar-refractivity contribution is 5.93. The summed E-state index contributed by atoms with van der Waals surface area (Å²) in [7, 11) is 0.